The van der Waals surface area contributed by atoms with Gasteiger partial charge < -0.3 is 15.4 Å². The highest BCUT2D eigenvalue weighted by Crippen LogP contribution is 2.09. The quantitative estimate of drug-likeness (QED) is 0.742. The highest BCUT2D eigenvalue weighted by atomic mass is 16.5. The van der Waals surface area contributed by atoms with Gasteiger partial charge >= 0.3 is 6.09 Å². The smallest absolute Gasteiger partial charge is 0.411 e. The second-order valence-corrected chi connectivity index (χ2v) is 4.83. The molecule has 0 saturated heterocycles. The Kier molecular flexibility index (Phi) is 6.88. The number of ether oxygens (including phenoxy) is 1. The maximum Gasteiger partial charge on any atom is 0.411 e. The van der Waals surface area contributed by atoms with Crippen LogP contribution in [0.1, 0.15) is 31.1 Å². The van der Waals surface area contributed by atoms with Gasteiger partial charge in [0.25, 0.3) is 5.91 Å². The van der Waals surface area contributed by atoms with Crippen molar-refractivity contribution in [2.75, 3.05) is 18.5 Å². The summed E-state index contributed by atoms with van der Waals surface area (Å²) in [6.07, 6.45) is -0.551. The van der Waals surface area contributed by atoms with Gasteiger partial charge in [0, 0.05) is 17.3 Å². The number of carbonyl (C=O) groups excluding carboxylic acids is 3. The van der Waals surface area contributed by atoms with E-state index in [1.54, 1.807) is 31.2 Å². The van der Waals surface area contributed by atoms with E-state index in [0.29, 0.717) is 11.3 Å². The largest absolute Gasteiger partial charge is 0.450 e. The Hall–Kier alpha value is -2.57. The fraction of sp³-hybridized carbons (Fsp3) is 0.400. The number of benzene rings is 1. The van der Waals surface area contributed by atoms with Crippen LogP contribution in [0.15, 0.2) is 24.3 Å². The molecule has 0 aromatic heterocycles. The monoisotopic (exact) mass is 307 g/mol. The second kappa shape index (κ2) is 8.66. The van der Waals surface area contributed by atoms with Gasteiger partial charge in [-0.2, -0.15) is 0 Å². The lowest BCUT2D eigenvalue weighted by Crippen LogP contribution is -2.39. The fourth-order valence-electron chi connectivity index (χ4n) is 1.63. The van der Waals surface area contributed by atoms with Gasteiger partial charge in [-0.15, -0.1) is 0 Å². The van der Waals surface area contributed by atoms with E-state index < -0.39 is 6.09 Å². The SMILES string of the molecule is CCOC(=O)Nc1ccc(C(=O)NCC(=O)NC(C)C)cc1. The normalized spacial score (nSPS) is 10.0. The van der Waals surface area contributed by atoms with E-state index in [1.165, 1.54) is 0 Å². The van der Waals surface area contributed by atoms with Crippen molar-refractivity contribution >= 4 is 23.6 Å². The van der Waals surface area contributed by atoms with Gasteiger partial charge in [0.1, 0.15) is 0 Å². The summed E-state index contributed by atoms with van der Waals surface area (Å²) in [6, 6.07) is 6.30. The molecule has 0 spiro atoms. The standard InChI is InChI=1S/C15H21N3O4/c1-4-22-15(21)18-12-7-5-11(6-8-12)14(20)16-9-13(19)17-10(2)3/h5-8,10H,4,9H2,1-3H3,(H,16,20)(H,17,19)(H,18,21). The fourth-order valence-corrected chi connectivity index (χ4v) is 1.63. The minimum atomic E-state index is -0.551. The van der Waals surface area contributed by atoms with Gasteiger partial charge in [-0.25, -0.2) is 4.79 Å². The average molecular weight is 307 g/mol. The predicted molar refractivity (Wildman–Crippen MR) is 82.7 cm³/mol. The molecule has 0 aliphatic carbocycles. The van der Waals surface area contributed by atoms with Crippen molar-refractivity contribution in [3.8, 4) is 0 Å². The van der Waals surface area contributed by atoms with E-state index in [9.17, 15) is 14.4 Å². The summed E-state index contributed by atoms with van der Waals surface area (Å²) in [5.41, 5.74) is 0.916. The first-order chi connectivity index (χ1) is 10.4. The molecule has 3 N–H and O–H groups in total. The van der Waals surface area contributed by atoms with Crippen LogP contribution in [0.3, 0.4) is 0 Å². The van der Waals surface area contributed by atoms with Crippen molar-refractivity contribution in [1.82, 2.24) is 10.6 Å². The summed E-state index contributed by atoms with van der Waals surface area (Å²) in [4.78, 5) is 34.5. The van der Waals surface area contributed by atoms with E-state index in [4.69, 9.17) is 4.74 Å². The van der Waals surface area contributed by atoms with Crippen molar-refractivity contribution < 1.29 is 19.1 Å². The highest BCUT2D eigenvalue weighted by molar-refractivity contribution is 5.97. The molecule has 1 aromatic rings. The topological polar surface area (TPSA) is 96.5 Å². The molecule has 1 aromatic carbocycles. The van der Waals surface area contributed by atoms with Crippen LogP contribution in [0.2, 0.25) is 0 Å². The van der Waals surface area contributed by atoms with Crippen LogP contribution in [0.4, 0.5) is 10.5 Å². The first kappa shape index (κ1) is 17.5. The number of rotatable bonds is 6. The van der Waals surface area contributed by atoms with E-state index in [2.05, 4.69) is 16.0 Å². The zero-order valence-electron chi connectivity index (χ0n) is 12.9. The maximum atomic E-state index is 11.9. The molecule has 0 heterocycles. The Morgan fingerprint density at radius 2 is 1.77 bits per heavy atom. The molecule has 0 atom stereocenters. The third-order valence-corrected chi connectivity index (χ3v) is 2.53. The van der Waals surface area contributed by atoms with Crippen LogP contribution in [0, 0.1) is 0 Å². The minimum absolute atomic E-state index is 0.0256. The van der Waals surface area contributed by atoms with Crippen LogP contribution >= 0.6 is 0 Å². The van der Waals surface area contributed by atoms with Crippen molar-refractivity contribution in [3.05, 3.63) is 29.8 Å². The van der Waals surface area contributed by atoms with Crippen LogP contribution in [0.25, 0.3) is 0 Å². The Bertz CT molecular complexity index is 526. The lowest BCUT2D eigenvalue weighted by molar-refractivity contribution is -0.120. The average Bonchev–Trinajstić information content (AvgIpc) is 2.45. The van der Waals surface area contributed by atoms with Gasteiger partial charge in [-0.1, -0.05) is 0 Å². The molecule has 0 unspecified atom stereocenters. The maximum absolute atomic E-state index is 11.9. The third-order valence-electron chi connectivity index (χ3n) is 2.53. The molecule has 22 heavy (non-hydrogen) atoms. The first-order valence-corrected chi connectivity index (χ1v) is 7.03. The number of hydrogen-bond donors (Lipinski definition) is 3. The van der Waals surface area contributed by atoms with E-state index in [-0.39, 0.29) is 31.0 Å². The lowest BCUT2D eigenvalue weighted by Gasteiger charge is -2.10. The van der Waals surface area contributed by atoms with Crippen molar-refractivity contribution in [1.29, 1.82) is 0 Å². The molecule has 0 aliphatic heterocycles. The van der Waals surface area contributed by atoms with Gasteiger partial charge in [0.05, 0.1) is 13.2 Å². The molecule has 3 amide bonds. The van der Waals surface area contributed by atoms with Gasteiger partial charge in [-0.3, -0.25) is 14.9 Å². The zero-order valence-corrected chi connectivity index (χ0v) is 12.9. The van der Waals surface area contributed by atoms with Crippen molar-refractivity contribution in [2.24, 2.45) is 0 Å². The molecule has 0 aliphatic rings. The minimum Gasteiger partial charge on any atom is -0.450 e. The molecule has 7 nitrogen and oxygen atoms in total. The Morgan fingerprint density at radius 3 is 2.32 bits per heavy atom. The molecule has 0 fully saturated rings. The summed E-state index contributed by atoms with van der Waals surface area (Å²) in [7, 11) is 0. The number of carbonyl (C=O) groups is 3. The highest BCUT2D eigenvalue weighted by Gasteiger charge is 2.09. The second-order valence-electron chi connectivity index (χ2n) is 4.83. The van der Waals surface area contributed by atoms with Gasteiger partial charge in [0.2, 0.25) is 5.91 Å². The third kappa shape index (κ3) is 6.25. The molecule has 120 valence electrons. The molecular formula is C15H21N3O4. The Morgan fingerprint density at radius 1 is 1.14 bits per heavy atom. The summed E-state index contributed by atoms with van der Waals surface area (Å²) in [5.74, 6) is -0.606. The molecule has 0 bridgehead atoms. The first-order valence-electron chi connectivity index (χ1n) is 7.03. The summed E-state index contributed by atoms with van der Waals surface area (Å²) in [6.45, 7) is 5.59. The van der Waals surface area contributed by atoms with Gasteiger partial charge in [0.15, 0.2) is 0 Å². The van der Waals surface area contributed by atoms with E-state index in [0.717, 1.165) is 0 Å². The molecule has 0 saturated carbocycles. The van der Waals surface area contributed by atoms with Crippen molar-refractivity contribution in [2.45, 2.75) is 26.8 Å². The summed E-state index contributed by atoms with van der Waals surface area (Å²) >= 11 is 0. The Balaban J connectivity index is 2.50. The molecular weight excluding hydrogens is 286 g/mol. The van der Waals surface area contributed by atoms with Crippen molar-refractivity contribution in [3.63, 3.8) is 0 Å². The summed E-state index contributed by atoms with van der Waals surface area (Å²) in [5, 5.41) is 7.72. The van der Waals surface area contributed by atoms with Crippen LogP contribution < -0.4 is 16.0 Å². The molecule has 0 radical (unpaired) electrons. The van der Waals surface area contributed by atoms with E-state index >= 15 is 0 Å². The molecule has 7 heteroatoms. The Labute approximate surface area is 129 Å². The van der Waals surface area contributed by atoms with Gasteiger partial charge in [-0.05, 0) is 45.0 Å². The number of hydrogen-bond acceptors (Lipinski definition) is 4. The van der Waals surface area contributed by atoms with Crippen LogP contribution in [-0.4, -0.2) is 37.1 Å². The number of amides is 3. The van der Waals surface area contributed by atoms with E-state index in [1.807, 2.05) is 13.8 Å². The lowest BCUT2D eigenvalue weighted by atomic mass is 10.2. The zero-order chi connectivity index (χ0) is 16.5. The number of nitrogens with one attached hydrogen (secondary N) is 3. The van der Waals surface area contributed by atoms with Crippen LogP contribution in [0.5, 0.6) is 0 Å². The number of anilines is 1. The molecule has 1 rings (SSSR count). The predicted octanol–water partition coefficient (Wildman–Crippen LogP) is 1.51. The van der Waals surface area contributed by atoms with Crippen LogP contribution in [-0.2, 0) is 9.53 Å². The summed E-state index contributed by atoms with van der Waals surface area (Å²) < 4.78 is 4.75.